The third kappa shape index (κ3) is 3.30. The number of benzene rings is 2. The van der Waals surface area contributed by atoms with E-state index in [0.717, 1.165) is 21.5 Å². The van der Waals surface area contributed by atoms with Gasteiger partial charge in [0, 0.05) is 6.54 Å². The first-order valence-electron chi connectivity index (χ1n) is 8.52. The number of carbonyl (C=O) groups excluding carboxylic acids is 1. The molecular formula is C20H22N2O4S. The quantitative estimate of drug-likeness (QED) is 0.669. The van der Waals surface area contributed by atoms with Crippen LogP contribution in [0.1, 0.15) is 22.8 Å². The Morgan fingerprint density at radius 2 is 1.81 bits per heavy atom. The Bertz CT molecular complexity index is 1070. The minimum absolute atomic E-state index is 0.362. The molecule has 1 heterocycles. The van der Waals surface area contributed by atoms with Crippen LogP contribution in [0.2, 0.25) is 0 Å². The predicted octanol–water partition coefficient (Wildman–Crippen LogP) is 3.80. The lowest BCUT2D eigenvalue weighted by atomic mass is 10.2. The standard InChI is InChI=1S/C20H22N2O4S/c1-6-22-16-14(24-3)11-10-12(2)18(16)27-20(22)21-19(23)13-8-7-9-15(25-4)17(13)26-5/h7-11H,6H2,1-5H3. The van der Waals surface area contributed by atoms with Gasteiger partial charge in [-0.1, -0.05) is 23.5 Å². The second-order valence-corrected chi connectivity index (χ2v) is 6.83. The molecule has 0 aliphatic rings. The maximum absolute atomic E-state index is 12.9. The summed E-state index contributed by atoms with van der Waals surface area (Å²) in [6.45, 7) is 4.72. The van der Waals surface area contributed by atoms with E-state index in [1.165, 1.54) is 25.6 Å². The van der Waals surface area contributed by atoms with Gasteiger partial charge in [0.25, 0.3) is 5.91 Å². The molecule has 3 rings (SSSR count). The molecule has 0 bridgehead atoms. The average Bonchev–Trinajstić information content (AvgIpc) is 3.06. The summed E-state index contributed by atoms with van der Waals surface area (Å²) >= 11 is 1.47. The van der Waals surface area contributed by atoms with Crippen molar-refractivity contribution in [2.45, 2.75) is 20.4 Å². The molecule has 2 aromatic carbocycles. The minimum atomic E-state index is -0.379. The zero-order valence-corrected chi connectivity index (χ0v) is 16.8. The number of ether oxygens (including phenoxy) is 3. The van der Waals surface area contributed by atoms with Crippen molar-refractivity contribution in [3.05, 3.63) is 46.3 Å². The van der Waals surface area contributed by atoms with Crippen molar-refractivity contribution in [3.63, 3.8) is 0 Å². The lowest BCUT2D eigenvalue weighted by molar-refractivity contribution is 0.0994. The second kappa shape index (κ2) is 7.84. The number of hydrogen-bond acceptors (Lipinski definition) is 5. The number of aryl methyl sites for hydroxylation is 2. The molecule has 0 spiro atoms. The molecule has 0 aliphatic carbocycles. The number of carbonyl (C=O) groups is 1. The maximum Gasteiger partial charge on any atom is 0.283 e. The number of rotatable bonds is 5. The molecule has 0 N–H and O–H groups in total. The van der Waals surface area contributed by atoms with Gasteiger partial charge < -0.3 is 18.8 Å². The number of para-hydroxylation sites is 1. The van der Waals surface area contributed by atoms with Crippen molar-refractivity contribution in [2.24, 2.45) is 4.99 Å². The van der Waals surface area contributed by atoms with E-state index in [4.69, 9.17) is 14.2 Å². The monoisotopic (exact) mass is 386 g/mol. The van der Waals surface area contributed by atoms with Crippen LogP contribution >= 0.6 is 11.3 Å². The molecule has 0 saturated carbocycles. The Hall–Kier alpha value is -2.80. The molecule has 1 aromatic heterocycles. The van der Waals surface area contributed by atoms with Crippen molar-refractivity contribution < 1.29 is 19.0 Å². The molecule has 0 unspecified atom stereocenters. The van der Waals surface area contributed by atoms with Gasteiger partial charge in [-0.3, -0.25) is 4.79 Å². The third-order valence-corrected chi connectivity index (χ3v) is 5.57. The highest BCUT2D eigenvalue weighted by Gasteiger charge is 2.18. The van der Waals surface area contributed by atoms with Crippen molar-refractivity contribution in [2.75, 3.05) is 21.3 Å². The number of methoxy groups -OCH3 is 3. The Morgan fingerprint density at radius 3 is 2.44 bits per heavy atom. The minimum Gasteiger partial charge on any atom is -0.495 e. The fourth-order valence-corrected chi connectivity index (χ4v) is 4.20. The summed E-state index contributed by atoms with van der Waals surface area (Å²) in [6, 6.07) is 9.12. The van der Waals surface area contributed by atoms with Crippen LogP contribution in [0.4, 0.5) is 0 Å². The van der Waals surface area contributed by atoms with Crippen LogP contribution in [0.15, 0.2) is 35.3 Å². The van der Waals surface area contributed by atoms with Gasteiger partial charge in [0.05, 0.1) is 31.6 Å². The molecule has 6 nitrogen and oxygen atoms in total. The van der Waals surface area contributed by atoms with E-state index in [1.54, 1.807) is 25.3 Å². The lowest BCUT2D eigenvalue weighted by Gasteiger charge is -2.10. The molecule has 142 valence electrons. The molecule has 0 radical (unpaired) electrons. The summed E-state index contributed by atoms with van der Waals surface area (Å²) in [6.07, 6.45) is 0. The zero-order valence-electron chi connectivity index (χ0n) is 16.0. The molecule has 0 atom stereocenters. The average molecular weight is 386 g/mol. The highest BCUT2D eigenvalue weighted by molar-refractivity contribution is 7.16. The molecule has 7 heteroatoms. The second-order valence-electron chi connectivity index (χ2n) is 5.85. The Kier molecular flexibility index (Phi) is 5.51. The van der Waals surface area contributed by atoms with Gasteiger partial charge in [-0.2, -0.15) is 4.99 Å². The predicted molar refractivity (Wildman–Crippen MR) is 106 cm³/mol. The summed E-state index contributed by atoms with van der Waals surface area (Å²) < 4.78 is 19.2. The number of hydrogen-bond donors (Lipinski definition) is 0. The van der Waals surface area contributed by atoms with Gasteiger partial charge in [-0.05, 0) is 37.6 Å². The number of nitrogens with zero attached hydrogens (tertiary/aromatic N) is 2. The van der Waals surface area contributed by atoms with Gasteiger partial charge in [0.1, 0.15) is 11.3 Å². The van der Waals surface area contributed by atoms with Crippen LogP contribution in [0.5, 0.6) is 17.2 Å². The van der Waals surface area contributed by atoms with E-state index in [1.807, 2.05) is 30.5 Å². The van der Waals surface area contributed by atoms with Crippen molar-refractivity contribution in [1.82, 2.24) is 4.57 Å². The normalized spacial score (nSPS) is 11.7. The van der Waals surface area contributed by atoms with E-state index in [2.05, 4.69) is 4.99 Å². The van der Waals surface area contributed by atoms with Crippen LogP contribution in [0, 0.1) is 6.92 Å². The molecule has 0 saturated heterocycles. The summed E-state index contributed by atoms with van der Waals surface area (Å²) in [4.78, 5) is 17.9. The van der Waals surface area contributed by atoms with Crippen LogP contribution in [-0.4, -0.2) is 31.8 Å². The molecule has 3 aromatic rings. The summed E-state index contributed by atoms with van der Waals surface area (Å²) in [7, 11) is 4.69. The summed E-state index contributed by atoms with van der Waals surface area (Å²) in [5.41, 5.74) is 2.43. The van der Waals surface area contributed by atoms with Crippen LogP contribution in [-0.2, 0) is 6.54 Å². The first-order valence-corrected chi connectivity index (χ1v) is 9.34. The van der Waals surface area contributed by atoms with Gasteiger partial charge in [-0.15, -0.1) is 0 Å². The van der Waals surface area contributed by atoms with Gasteiger partial charge in [-0.25, -0.2) is 0 Å². The van der Waals surface area contributed by atoms with Crippen LogP contribution in [0.25, 0.3) is 10.2 Å². The summed E-state index contributed by atoms with van der Waals surface area (Å²) in [5, 5.41) is 0. The van der Waals surface area contributed by atoms with Crippen LogP contribution < -0.4 is 19.0 Å². The van der Waals surface area contributed by atoms with E-state index in [-0.39, 0.29) is 5.91 Å². The van der Waals surface area contributed by atoms with Crippen LogP contribution in [0.3, 0.4) is 0 Å². The highest BCUT2D eigenvalue weighted by atomic mass is 32.1. The Balaban J connectivity index is 2.23. The van der Waals surface area contributed by atoms with E-state index >= 15 is 0 Å². The fraction of sp³-hybridized carbons (Fsp3) is 0.300. The van der Waals surface area contributed by atoms with Crippen molar-refractivity contribution >= 4 is 27.5 Å². The fourth-order valence-electron chi connectivity index (χ4n) is 3.02. The SMILES string of the molecule is CCn1c(=NC(=O)c2cccc(OC)c2OC)sc2c(C)ccc(OC)c21. The van der Waals surface area contributed by atoms with E-state index in [0.29, 0.717) is 28.4 Å². The number of fused-ring (bicyclic) bond motifs is 1. The zero-order chi connectivity index (χ0) is 19.6. The third-order valence-electron chi connectivity index (χ3n) is 4.35. The first-order chi connectivity index (χ1) is 13.0. The number of amides is 1. The maximum atomic E-state index is 12.9. The number of aromatic nitrogens is 1. The highest BCUT2D eigenvalue weighted by Crippen LogP contribution is 2.32. The van der Waals surface area contributed by atoms with E-state index in [9.17, 15) is 4.79 Å². The molecule has 27 heavy (non-hydrogen) atoms. The van der Waals surface area contributed by atoms with Gasteiger partial charge >= 0.3 is 0 Å². The first kappa shape index (κ1) is 19.0. The van der Waals surface area contributed by atoms with E-state index < -0.39 is 0 Å². The molecular weight excluding hydrogens is 364 g/mol. The van der Waals surface area contributed by atoms with Crippen molar-refractivity contribution in [1.29, 1.82) is 0 Å². The topological polar surface area (TPSA) is 62.1 Å². The van der Waals surface area contributed by atoms with Gasteiger partial charge in [0.2, 0.25) is 0 Å². The number of thiazole rings is 1. The molecule has 1 amide bonds. The summed E-state index contributed by atoms with van der Waals surface area (Å²) in [5.74, 6) is 1.26. The molecule has 0 fully saturated rings. The van der Waals surface area contributed by atoms with Gasteiger partial charge in [0.15, 0.2) is 16.3 Å². The lowest BCUT2D eigenvalue weighted by Crippen LogP contribution is -2.16. The Labute approximate surface area is 161 Å². The molecule has 0 aliphatic heterocycles. The van der Waals surface area contributed by atoms with Crippen molar-refractivity contribution in [3.8, 4) is 17.2 Å². The Morgan fingerprint density at radius 1 is 1.07 bits per heavy atom. The smallest absolute Gasteiger partial charge is 0.283 e. The largest absolute Gasteiger partial charge is 0.495 e.